The maximum atomic E-state index is 12.9. The standard InChI is InChI=1S/C19H18FN3OS/c1-12(18(24)21-11-14-7-9-15(20)10-8-14)25-19-16-5-3-4-6-17(16)22-13(2)23-19/h3-10,12H,11H2,1-2H3,(H,21,24)/t12-/m1/s1. The van der Waals surface area contributed by atoms with Crippen molar-refractivity contribution in [3.05, 3.63) is 65.7 Å². The van der Waals surface area contributed by atoms with E-state index >= 15 is 0 Å². The zero-order valence-corrected chi connectivity index (χ0v) is 14.8. The van der Waals surface area contributed by atoms with Gasteiger partial charge in [-0.3, -0.25) is 4.79 Å². The first-order chi connectivity index (χ1) is 12.0. The minimum atomic E-state index is -0.307. The number of para-hydroxylation sites is 1. The number of benzene rings is 2. The van der Waals surface area contributed by atoms with E-state index in [4.69, 9.17) is 0 Å². The summed E-state index contributed by atoms with van der Waals surface area (Å²) in [5.41, 5.74) is 1.73. The lowest BCUT2D eigenvalue weighted by atomic mass is 10.2. The van der Waals surface area contributed by atoms with Crippen molar-refractivity contribution in [2.45, 2.75) is 30.7 Å². The molecule has 128 valence electrons. The van der Waals surface area contributed by atoms with E-state index in [0.29, 0.717) is 12.4 Å². The first kappa shape index (κ1) is 17.4. The summed E-state index contributed by atoms with van der Waals surface area (Å²) in [6.07, 6.45) is 0. The summed E-state index contributed by atoms with van der Waals surface area (Å²) in [7, 11) is 0. The van der Waals surface area contributed by atoms with Crippen molar-refractivity contribution in [1.29, 1.82) is 0 Å². The summed E-state index contributed by atoms with van der Waals surface area (Å²) in [6, 6.07) is 13.9. The quantitative estimate of drug-likeness (QED) is 0.557. The van der Waals surface area contributed by atoms with Gasteiger partial charge in [-0.05, 0) is 37.6 Å². The summed E-state index contributed by atoms with van der Waals surface area (Å²) < 4.78 is 12.9. The third-order valence-electron chi connectivity index (χ3n) is 3.72. The summed E-state index contributed by atoms with van der Waals surface area (Å²) >= 11 is 1.41. The fourth-order valence-electron chi connectivity index (χ4n) is 2.40. The lowest BCUT2D eigenvalue weighted by molar-refractivity contribution is -0.120. The Labute approximate surface area is 149 Å². The summed E-state index contributed by atoms with van der Waals surface area (Å²) in [5.74, 6) is 0.305. The molecule has 0 saturated heterocycles. The molecule has 0 bridgehead atoms. The number of hydrogen-bond donors (Lipinski definition) is 1. The van der Waals surface area contributed by atoms with Crippen molar-refractivity contribution in [2.75, 3.05) is 0 Å². The van der Waals surface area contributed by atoms with Gasteiger partial charge in [-0.1, -0.05) is 42.1 Å². The highest BCUT2D eigenvalue weighted by atomic mass is 32.2. The van der Waals surface area contributed by atoms with E-state index in [1.807, 2.05) is 38.1 Å². The lowest BCUT2D eigenvalue weighted by Gasteiger charge is -2.13. The molecule has 0 aliphatic heterocycles. The number of nitrogens with zero attached hydrogens (tertiary/aromatic N) is 2. The SMILES string of the molecule is Cc1nc(S[C@H](C)C(=O)NCc2ccc(F)cc2)c2ccccc2n1. The second-order valence-electron chi connectivity index (χ2n) is 5.70. The molecule has 0 radical (unpaired) electrons. The Bertz CT molecular complexity index is 899. The van der Waals surface area contributed by atoms with E-state index in [9.17, 15) is 9.18 Å². The third kappa shape index (κ3) is 4.33. The predicted molar refractivity (Wildman–Crippen MR) is 97.8 cm³/mol. The molecule has 1 N–H and O–H groups in total. The van der Waals surface area contributed by atoms with Gasteiger partial charge in [0.2, 0.25) is 5.91 Å². The fraction of sp³-hybridized carbons (Fsp3) is 0.211. The first-order valence-electron chi connectivity index (χ1n) is 7.95. The minimum Gasteiger partial charge on any atom is -0.351 e. The first-order valence-corrected chi connectivity index (χ1v) is 8.83. The number of aromatic nitrogens is 2. The van der Waals surface area contributed by atoms with Crippen molar-refractivity contribution < 1.29 is 9.18 Å². The maximum Gasteiger partial charge on any atom is 0.233 e. The van der Waals surface area contributed by atoms with Crippen LogP contribution in [0.3, 0.4) is 0 Å². The minimum absolute atomic E-state index is 0.0883. The molecule has 0 fully saturated rings. The number of thioether (sulfide) groups is 1. The highest BCUT2D eigenvalue weighted by molar-refractivity contribution is 8.00. The summed E-state index contributed by atoms with van der Waals surface area (Å²) in [5, 5.41) is 4.31. The number of carbonyl (C=O) groups excluding carboxylic acids is 1. The molecular formula is C19H18FN3OS. The van der Waals surface area contributed by atoms with E-state index in [2.05, 4.69) is 15.3 Å². The largest absolute Gasteiger partial charge is 0.351 e. The third-order valence-corrected chi connectivity index (χ3v) is 4.82. The molecule has 3 rings (SSSR count). The van der Waals surface area contributed by atoms with Gasteiger partial charge in [-0.15, -0.1) is 0 Å². The number of carbonyl (C=O) groups is 1. The van der Waals surface area contributed by atoms with Crippen LogP contribution in [0, 0.1) is 12.7 Å². The molecule has 25 heavy (non-hydrogen) atoms. The zero-order chi connectivity index (χ0) is 17.8. The van der Waals surface area contributed by atoms with Crippen LogP contribution in [0.1, 0.15) is 18.3 Å². The Hall–Kier alpha value is -2.47. The van der Waals surface area contributed by atoms with E-state index in [-0.39, 0.29) is 17.0 Å². The van der Waals surface area contributed by atoms with Gasteiger partial charge in [0.05, 0.1) is 10.8 Å². The maximum absolute atomic E-state index is 12.9. The molecule has 0 aliphatic rings. The van der Waals surface area contributed by atoms with Gasteiger partial charge in [0.15, 0.2) is 0 Å². The van der Waals surface area contributed by atoms with Crippen molar-refractivity contribution in [3.8, 4) is 0 Å². The van der Waals surface area contributed by atoms with Crippen LogP contribution in [-0.2, 0) is 11.3 Å². The van der Waals surface area contributed by atoms with Crippen molar-refractivity contribution in [3.63, 3.8) is 0 Å². The van der Waals surface area contributed by atoms with Gasteiger partial charge in [-0.2, -0.15) is 0 Å². The number of aryl methyl sites for hydroxylation is 1. The fourth-order valence-corrected chi connectivity index (χ4v) is 3.41. The number of hydrogen-bond acceptors (Lipinski definition) is 4. The van der Waals surface area contributed by atoms with Gasteiger partial charge < -0.3 is 5.32 Å². The number of amides is 1. The second-order valence-corrected chi connectivity index (χ2v) is 7.03. The average molecular weight is 355 g/mol. The summed E-state index contributed by atoms with van der Waals surface area (Å²) in [6.45, 7) is 4.06. The Balaban J connectivity index is 1.68. The Morgan fingerprint density at radius 3 is 2.64 bits per heavy atom. The van der Waals surface area contributed by atoms with E-state index in [1.54, 1.807) is 12.1 Å². The van der Waals surface area contributed by atoms with Gasteiger partial charge in [0.25, 0.3) is 0 Å². The smallest absolute Gasteiger partial charge is 0.233 e. The highest BCUT2D eigenvalue weighted by Crippen LogP contribution is 2.28. The Morgan fingerprint density at radius 1 is 1.16 bits per heavy atom. The van der Waals surface area contributed by atoms with Crippen LogP contribution in [0.2, 0.25) is 0 Å². The highest BCUT2D eigenvalue weighted by Gasteiger charge is 2.17. The van der Waals surface area contributed by atoms with Crippen LogP contribution >= 0.6 is 11.8 Å². The van der Waals surface area contributed by atoms with Crippen LogP contribution in [-0.4, -0.2) is 21.1 Å². The number of halogens is 1. The molecule has 4 nitrogen and oxygen atoms in total. The van der Waals surface area contributed by atoms with Crippen LogP contribution in [0.25, 0.3) is 10.9 Å². The lowest BCUT2D eigenvalue weighted by Crippen LogP contribution is -2.30. The van der Waals surface area contributed by atoms with E-state index < -0.39 is 0 Å². The summed E-state index contributed by atoms with van der Waals surface area (Å²) in [4.78, 5) is 21.3. The van der Waals surface area contributed by atoms with Gasteiger partial charge in [-0.25, -0.2) is 14.4 Å². The van der Waals surface area contributed by atoms with Crippen molar-refractivity contribution in [1.82, 2.24) is 15.3 Å². The van der Waals surface area contributed by atoms with Gasteiger partial charge in [0, 0.05) is 11.9 Å². The monoisotopic (exact) mass is 355 g/mol. The number of nitrogens with one attached hydrogen (secondary N) is 1. The molecule has 0 aliphatic carbocycles. The molecular weight excluding hydrogens is 337 g/mol. The van der Waals surface area contributed by atoms with Crippen LogP contribution in [0.15, 0.2) is 53.6 Å². The zero-order valence-electron chi connectivity index (χ0n) is 14.0. The van der Waals surface area contributed by atoms with Gasteiger partial charge in [0.1, 0.15) is 16.7 Å². The topological polar surface area (TPSA) is 54.9 Å². The molecule has 1 atom stereocenters. The number of rotatable bonds is 5. The van der Waals surface area contributed by atoms with Crippen LogP contribution in [0.4, 0.5) is 4.39 Å². The second kappa shape index (κ2) is 7.61. The Morgan fingerprint density at radius 2 is 1.88 bits per heavy atom. The van der Waals surface area contributed by atoms with Gasteiger partial charge >= 0.3 is 0 Å². The van der Waals surface area contributed by atoms with Crippen molar-refractivity contribution in [2.24, 2.45) is 0 Å². The molecule has 0 saturated carbocycles. The molecule has 6 heteroatoms. The number of fused-ring (bicyclic) bond motifs is 1. The molecule has 2 aromatic carbocycles. The molecule has 3 aromatic rings. The normalized spacial score (nSPS) is 12.1. The molecule has 1 aromatic heterocycles. The molecule has 1 amide bonds. The van der Waals surface area contributed by atoms with E-state index in [0.717, 1.165) is 21.5 Å². The van der Waals surface area contributed by atoms with E-state index in [1.165, 1.54) is 23.9 Å². The molecule has 1 heterocycles. The predicted octanol–water partition coefficient (Wildman–Crippen LogP) is 3.87. The van der Waals surface area contributed by atoms with Crippen molar-refractivity contribution >= 4 is 28.6 Å². The molecule has 0 spiro atoms. The molecule has 0 unspecified atom stereocenters. The van der Waals surface area contributed by atoms with Crippen LogP contribution < -0.4 is 5.32 Å². The Kier molecular flexibility index (Phi) is 5.28. The van der Waals surface area contributed by atoms with Crippen LogP contribution in [0.5, 0.6) is 0 Å². The average Bonchev–Trinajstić information content (AvgIpc) is 2.60.